The van der Waals surface area contributed by atoms with Gasteiger partial charge in [-0.15, -0.1) is 11.8 Å². The normalized spacial score (nSPS) is 16.8. The van der Waals surface area contributed by atoms with Crippen LogP contribution >= 0.6 is 11.8 Å². The average molecular weight is 366 g/mol. The molecule has 7 nitrogen and oxygen atoms in total. The SMILES string of the molecule is CCOc1ccccc1N1CC(C(=O)NCCSCC(=O)O)CC1=O. The molecule has 1 aromatic carbocycles. The molecule has 1 saturated heterocycles. The second-order valence-corrected chi connectivity index (χ2v) is 6.65. The lowest BCUT2D eigenvalue weighted by molar-refractivity contribution is -0.134. The van der Waals surface area contributed by atoms with E-state index in [1.54, 1.807) is 11.0 Å². The Balaban J connectivity index is 1.89. The Labute approximate surface area is 150 Å². The van der Waals surface area contributed by atoms with Crippen molar-refractivity contribution in [1.29, 1.82) is 0 Å². The summed E-state index contributed by atoms with van der Waals surface area (Å²) < 4.78 is 5.56. The van der Waals surface area contributed by atoms with E-state index in [-0.39, 0.29) is 24.0 Å². The van der Waals surface area contributed by atoms with E-state index in [0.717, 1.165) is 0 Å². The summed E-state index contributed by atoms with van der Waals surface area (Å²) in [6.45, 7) is 3.08. The minimum Gasteiger partial charge on any atom is -0.492 e. The first-order valence-corrected chi connectivity index (χ1v) is 9.27. The molecule has 0 saturated carbocycles. The molecule has 0 spiro atoms. The summed E-state index contributed by atoms with van der Waals surface area (Å²) in [5.74, 6) is -0.402. The van der Waals surface area contributed by atoms with Crippen LogP contribution in [-0.2, 0) is 14.4 Å². The number of nitrogens with zero attached hydrogens (tertiary/aromatic N) is 1. The fourth-order valence-electron chi connectivity index (χ4n) is 2.62. The third-order valence-electron chi connectivity index (χ3n) is 3.72. The number of aliphatic carboxylic acids is 1. The van der Waals surface area contributed by atoms with Crippen LogP contribution in [-0.4, -0.2) is 54.1 Å². The molecule has 2 N–H and O–H groups in total. The summed E-state index contributed by atoms with van der Waals surface area (Å²) in [6.07, 6.45) is 0.161. The van der Waals surface area contributed by atoms with Crippen LogP contribution in [0.5, 0.6) is 5.75 Å². The van der Waals surface area contributed by atoms with Crippen LogP contribution in [0.2, 0.25) is 0 Å². The number of amides is 2. The first kappa shape index (κ1) is 19.1. The van der Waals surface area contributed by atoms with E-state index in [1.807, 2.05) is 25.1 Å². The average Bonchev–Trinajstić information content (AvgIpc) is 2.97. The highest BCUT2D eigenvalue weighted by Crippen LogP contribution is 2.33. The van der Waals surface area contributed by atoms with Gasteiger partial charge >= 0.3 is 5.97 Å². The molecule has 0 aromatic heterocycles. The summed E-state index contributed by atoms with van der Waals surface area (Å²) in [4.78, 5) is 36.6. The van der Waals surface area contributed by atoms with Crippen molar-refractivity contribution in [3.8, 4) is 5.75 Å². The van der Waals surface area contributed by atoms with E-state index in [2.05, 4.69) is 5.32 Å². The minimum atomic E-state index is -0.874. The van der Waals surface area contributed by atoms with Crippen molar-refractivity contribution in [2.75, 3.05) is 36.1 Å². The zero-order valence-corrected chi connectivity index (χ0v) is 14.9. The van der Waals surface area contributed by atoms with Crippen molar-refractivity contribution in [1.82, 2.24) is 5.32 Å². The van der Waals surface area contributed by atoms with E-state index in [9.17, 15) is 14.4 Å². The second kappa shape index (κ2) is 9.31. The van der Waals surface area contributed by atoms with Gasteiger partial charge in [0.05, 0.1) is 24.0 Å². The monoisotopic (exact) mass is 366 g/mol. The Morgan fingerprint density at radius 1 is 1.40 bits per heavy atom. The van der Waals surface area contributed by atoms with Crippen LogP contribution in [0.15, 0.2) is 24.3 Å². The first-order valence-electron chi connectivity index (χ1n) is 8.12. The summed E-state index contributed by atoms with van der Waals surface area (Å²) >= 11 is 1.24. The largest absolute Gasteiger partial charge is 0.492 e. The number of carbonyl (C=O) groups is 3. The molecule has 8 heteroatoms. The third kappa shape index (κ3) is 5.38. The first-order chi connectivity index (χ1) is 12.0. The van der Waals surface area contributed by atoms with Crippen molar-refractivity contribution >= 4 is 35.2 Å². The lowest BCUT2D eigenvalue weighted by atomic mass is 10.1. The molecule has 1 fully saturated rings. The van der Waals surface area contributed by atoms with Crippen molar-refractivity contribution in [2.45, 2.75) is 13.3 Å². The summed E-state index contributed by atoms with van der Waals surface area (Å²) in [5, 5.41) is 11.3. The standard InChI is InChI=1S/C17H22N2O5S/c1-2-24-14-6-4-3-5-13(14)19-10-12(9-15(19)20)17(23)18-7-8-25-11-16(21)22/h3-6,12H,2,7-11H2,1H3,(H,18,23)(H,21,22). The summed E-state index contributed by atoms with van der Waals surface area (Å²) in [7, 11) is 0. The van der Waals surface area contributed by atoms with Gasteiger partial charge in [0.1, 0.15) is 5.75 Å². The van der Waals surface area contributed by atoms with Gasteiger partial charge in [0.25, 0.3) is 0 Å². The predicted molar refractivity (Wildman–Crippen MR) is 96.0 cm³/mol. The molecule has 0 radical (unpaired) electrons. The molecule has 136 valence electrons. The van der Waals surface area contributed by atoms with Crippen LogP contribution < -0.4 is 15.0 Å². The van der Waals surface area contributed by atoms with Gasteiger partial charge in [-0.2, -0.15) is 0 Å². The third-order valence-corrected chi connectivity index (χ3v) is 4.67. The molecule has 1 aliphatic rings. The smallest absolute Gasteiger partial charge is 0.313 e. The van der Waals surface area contributed by atoms with Crippen LogP contribution in [0.4, 0.5) is 5.69 Å². The molecule has 1 atom stereocenters. The molecule has 1 aliphatic heterocycles. The van der Waals surface area contributed by atoms with Crippen LogP contribution in [0.1, 0.15) is 13.3 Å². The lowest BCUT2D eigenvalue weighted by Crippen LogP contribution is -2.34. The van der Waals surface area contributed by atoms with E-state index in [0.29, 0.717) is 36.9 Å². The van der Waals surface area contributed by atoms with E-state index in [1.165, 1.54) is 11.8 Å². The number of para-hydroxylation sites is 2. The van der Waals surface area contributed by atoms with Gasteiger partial charge in [0.2, 0.25) is 11.8 Å². The highest BCUT2D eigenvalue weighted by molar-refractivity contribution is 7.99. The maximum Gasteiger partial charge on any atom is 0.313 e. The van der Waals surface area contributed by atoms with Gasteiger partial charge in [-0.25, -0.2) is 0 Å². The van der Waals surface area contributed by atoms with E-state index >= 15 is 0 Å². The van der Waals surface area contributed by atoms with Gasteiger partial charge in [-0.3, -0.25) is 14.4 Å². The number of rotatable bonds is 9. The van der Waals surface area contributed by atoms with Gasteiger partial charge in [-0.1, -0.05) is 12.1 Å². The number of anilines is 1. The number of hydrogen-bond acceptors (Lipinski definition) is 5. The van der Waals surface area contributed by atoms with Crippen molar-refractivity contribution in [3.05, 3.63) is 24.3 Å². The molecule has 0 aliphatic carbocycles. The summed E-state index contributed by atoms with van der Waals surface area (Å²) in [5.41, 5.74) is 0.682. The van der Waals surface area contributed by atoms with Gasteiger partial charge < -0.3 is 20.1 Å². The van der Waals surface area contributed by atoms with Crippen molar-refractivity contribution in [2.24, 2.45) is 5.92 Å². The molecule has 2 rings (SSSR count). The van der Waals surface area contributed by atoms with Crippen molar-refractivity contribution in [3.63, 3.8) is 0 Å². The zero-order valence-electron chi connectivity index (χ0n) is 14.1. The van der Waals surface area contributed by atoms with Gasteiger partial charge in [0, 0.05) is 25.3 Å². The molecular formula is C17H22N2O5S. The summed E-state index contributed by atoms with van der Waals surface area (Å²) in [6, 6.07) is 7.29. The predicted octanol–water partition coefficient (Wildman–Crippen LogP) is 1.37. The minimum absolute atomic E-state index is 0.0137. The van der Waals surface area contributed by atoms with Crippen LogP contribution in [0.25, 0.3) is 0 Å². The fraction of sp³-hybridized carbons (Fsp3) is 0.471. The number of ether oxygens (including phenoxy) is 1. The Kier molecular flexibility index (Phi) is 7.12. The number of hydrogen-bond donors (Lipinski definition) is 2. The van der Waals surface area contributed by atoms with E-state index < -0.39 is 11.9 Å². The molecule has 0 bridgehead atoms. The van der Waals surface area contributed by atoms with Gasteiger partial charge in [0.15, 0.2) is 0 Å². The molecular weight excluding hydrogens is 344 g/mol. The second-order valence-electron chi connectivity index (χ2n) is 5.54. The maximum absolute atomic E-state index is 12.3. The molecule has 1 unspecified atom stereocenters. The lowest BCUT2D eigenvalue weighted by Gasteiger charge is -2.20. The Hall–Kier alpha value is -2.22. The highest BCUT2D eigenvalue weighted by Gasteiger charge is 2.36. The molecule has 25 heavy (non-hydrogen) atoms. The number of thioether (sulfide) groups is 1. The number of nitrogens with one attached hydrogen (secondary N) is 1. The Morgan fingerprint density at radius 3 is 2.88 bits per heavy atom. The molecule has 1 heterocycles. The van der Waals surface area contributed by atoms with Crippen molar-refractivity contribution < 1.29 is 24.2 Å². The topological polar surface area (TPSA) is 95.9 Å². The number of carbonyl (C=O) groups excluding carboxylic acids is 2. The van der Waals surface area contributed by atoms with Gasteiger partial charge in [-0.05, 0) is 19.1 Å². The number of carboxylic acid groups (broad SMARTS) is 1. The van der Waals surface area contributed by atoms with Crippen LogP contribution in [0, 0.1) is 5.92 Å². The molecule has 1 aromatic rings. The maximum atomic E-state index is 12.3. The fourth-order valence-corrected chi connectivity index (χ4v) is 3.19. The quantitative estimate of drug-likeness (QED) is 0.641. The molecule has 2 amide bonds. The Bertz CT molecular complexity index is 637. The number of benzene rings is 1. The number of carboxylic acids is 1. The Morgan fingerprint density at radius 2 is 2.16 bits per heavy atom. The van der Waals surface area contributed by atoms with Crippen LogP contribution in [0.3, 0.4) is 0 Å². The zero-order chi connectivity index (χ0) is 18.2. The highest BCUT2D eigenvalue weighted by atomic mass is 32.2. The van der Waals surface area contributed by atoms with E-state index in [4.69, 9.17) is 9.84 Å².